The highest BCUT2D eigenvalue weighted by Gasteiger charge is 2.16. The maximum Gasteiger partial charge on any atom is 0.0446 e. The van der Waals surface area contributed by atoms with E-state index in [1.807, 2.05) is 11.8 Å². The van der Waals surface area contributed by atoms with Crippen LogP contribution in [0.2, 0.25) is 0 Å². The molecule has 2 unspecified atom stereocenters. The van der Waals surface area contributed by atoms with Gasteiger partial charge in [0, 0.05) is 23.6 Å². The van der Waals surface area contributed by atoms with Crippen molar-refractivity contribution in [2.24, 2.45) is 5.73 Å². The van der Waals surface area contributed by atoms with Gasteiger partial charge < -0.3 is 10.6 Å². The van der Waals surface area contributed by atoms with Gasteiger partial charge in [0.2, 0.25) is 0 Å². The Balaban J connectivity index is 2.56. The summed E-state index contributed by atoms with van der Waals surface area (Å²) in [6.45, 7) is 12.1. The summed E-state index contributed by atoms with van der Waals surface area (Å²) in [4.78, 5) is 2.46. The zero-order chi connectivity index (χ0) is 14.3. The van der Waals surface area contributed by atoms with Crippen LogP contribution < -0.4 is 5.73 Å². The van der Waals surface area contributed by atoms with Gasteiger partial charge in [0.05, 0.1) is 0 Å². The van der Waals surface area contributed by atoms with Crippen molar-refractivity contribution >= 4 is 11.8 Å². The predicted molar refractivity (Wildman–Crippen MR) is 87.8 cm³/mol. The number of hydrogen-bond acceptors (Lipinski definition) is 3. The minimum atomic E-state index is 0.185. The second-order valence-electron chi connectivity index (χ2n) is 5.09. The lowest BCUT2D eigenvalue weighted by Gasteiger charge is -2.23. The van der Waals surface area contributed by atoms with Gasteiger partial charge >= 0.3 is 0 Å². The van der Waals surface area contributed by atoms with E-state index in [2.05, 4.69) is 56.9 Å². The molecule has 3 heteroatoms. The third-order valence-corrected chi connectivity index (χ3v) is 4.96. The molecule has 108 valence electrons. The third kappa shape index (κ3) is 5.55. The molecule has 19 heavy (non-hydrogen) atoms. The quantitative estimate of drug-likeness (QED) is 0.791. The summed E-state index contributed by atoms with van der Waals surface area (Å²) in [5.41, 5.74) is 8.81. The molecule has 0 aliphatic heterocycles. The van der Waals surface area contributed by atoms with Crippen molar-refractivity contribution in [3.8, 4) is 0 Å². The van der Waals surface area contributed by atoms with Crippen LogP contribution in [-0.2, 0) is 0 Å². The van der Waals surface area contributed by atoms with Gasteiger partial charge in [-0.05, 0) is 32.5 Å². The maximum absolute atomic E-state index is 6.15. The molecule has 0 aromatic heterocycles. The molecule has 1 aromatic rings. The largest absolute Gasteiger partial charge is 0.327 e. The Kier molecular flexibility index (Phi) is 7.51. The molecular weight excluding hydrogens is 252 g/mol. The third-order valence-electron chi connectivity index (χ3n) is 3.48. The minimum absolute atomic E-state index is 0.185. The SMILES string of the molecule is CCN(CC)CCSC(c1ccc(C)cc1)C(C)N. The average molecular weight is 280 g/mol. The molecular formula is C16H28N2S. The lowest BCUT2D eigenvalue weighted by molar-refractivity contribution is 0.323. The summed E-state index contributed by atoms with van der Waals surface area (Å²) < 4.78 is 0. The summed E-state index contributed by atoms with van der Waals surface area (Å²) in [6.07, 6.45) is 0. The van der Waals surface area contributed by atoms with Crippen molar-refractivity contribution in [3.05, 3.63) is 35.4 Å². The van der Waals surface area contributed by atoms with Crippen molar-refractivity contribution < 1.29 is 0 Å². The first-order chi connectivity index (χ1) is 9.08. The molecule has 0 radical (unpaired) electrons. The molecule has 0 saturated heterocycles. The van der Waals surface area contributed by atoms with Crippen LogP contribution in [0.25, 0.3) is 0 Å². The Morgan fingerprint density at radius 2 is 1.74 bits per heavy atom. The van der Waals surface area contributed by atoms with Crippen LogP contribution in [-0.4, -0.2) is 36.3 Å². The molecule has 2 N–H and O–H groups in total. The van der Waals surface area contributed by atoms with Crippen LogP contribution in [0.15, 0.2) is 24.3 Å². The fraction of sp³-hybridized carbons (Fsp3) is 0.625. The van der Waals surface area contributed by atoms with Crippen LogP contribution in [0, 0.1) is 6.92 Å². The monoisotopic (exact) mass is 280 g/mol. The van der Waals surface area contributed by atoms with Gasteiger partial charge in [-0.2, -0.15) is 11.8 Å². The van der Waals surface area contributed by atoms with Gasteiger partial charge in [-0.1, -0.05) is 43.7 Å². The van der Waals surface area contributed by atoms with Gasteiger partial charge in [-0.3, -0.25) is 0 Å². The van der Waals surface area contributed by atoms with Crippen LogP contribution in [0.5, 0.6) is 0 Å². The fourth-order valence-electron chi connectivity index (χ4n) is 2.16. The second-order valence-corrected chi connectivity index (χ2v) is 6.34. The molecule has 0 heterocycles. The zero-order valence-electron chi connectivity index (χ0n) is 12.7. The Bertz CT molecular complexity index is 344. The van der Waals surface area contributed by atoms with Crippen LogP contribution in [0.3, 0.4) is 0 Å². The normalized spacial score (nSPS) is 14.6. The first kappa shape index (κ1) is 16.5. The maximum atomic E-state index is 6.15. The molecule has 1 rings (SSSR count). The van der Waals surface area contributed by atoms with Gasteiger partial charge in [-0.25, -0.2) is 0 Å². The number of rotatable bonds is 8. The molecule has 0 aliphatic rings. The summed E-state index contributed by atoms with van der Waals surface area (Å²) in [5.74, 6) is 1.14. The predicted octanol–water partition coefficient (Wildman–Crippen LogP) is 3.46. The van der Waals surface area contributed by atoms with Crippen LogP contribution in [0.4, 0.5) is 0 Å². The van der Waals surface area contributed by atoms with Crippen LogP contribution in [0.1, 0.15) is 37.1 Å². The summed E-state index contributed by atoms with van der Waals surface area (Å²) in [6, 6.07) is 8.97. The van der Waals surface area contributed by atoms with Crippen molar-refractivity contribution in [1.82, 2.24) is 4.90 Å². The minimum Gasteiger partial charge on any atom is -0.327 e. The van der Waals surface area contributed by atoms with Crippen LogP contribution >= 0.6 is 11.8 Å². The Morgan fingerprint density at radius 1 is 1.16 bits per heavy atom. The molecule has 2 nitrogen and oxygen atoms in total. The van der Waals surface area contributed by atoms with E-state index in [1.54, 1.807) is 0 Å². The van der Waals surface area contributed by atoms with Gasteiger partial charge in [0.15, 0.2) is 0 Å². The molecule has 0 fully saturated rings. The molecule has 0 amide bonds. The zero-order valence-corrected chi connectivity index (χ0v) is 13.5. The highest BCUT2D eigenvalue weighted by molar-refractivity contribution is 7.99. The van der Waals surface area contributed by atoms with E-state index >= 15 is 0 Å². The number of benzene rings is 1. The Morgan fingerprint density at radius 3 is 2.21 bits per heavy atom. The lowest BCUT2D eigenvalue weighted by atomic mass is 10.1. The smallest absolute Gasteiger partial charge is 0.0446 e. The molecule has 0 saturated carbocycles. The summed E-state index contributed by atoms with van der Waals surface area (Å²) in [7, 11) is 0. The number of nitrogens with two attached hydrogens (primary N) is 1. The van der Waals surface area contributed by atoms with Crippen molar-refractivity contribution in [2.75, 3.05) is 25.4 Å². The molecule has 2 atom stereocenters. The second kappa shape index (κ2) is 8.62. The number of nitrogens with zero attached hydrogens (tertiary/aromatic N) is 1. The van der Waals surface area contributed by atoms with E-state index in [9.17, 15) is 0 Å². The van der Waals surface area contributed by atoms with E-state index in [-0.39, 0.29) is 6.04 Å². The summed E-state index contributed by atoms with van der Waals surface area (Å²) >= 11 is 1.98. The molecule has 1 aromatic carbocycles. The van der Waals surface area contributed by atoms with E-state index in [0.29, 0.717) is 5.25 Å². The summed E-state index contributed by atoms with van der Waals surface area (Å²) in [5, 5.41) is 0.399. The first-order valence-electron chi connectivity index (χ1n) is 7.24. The Hall–Kier alpha value is -0.510. The van der Waals surface area contributed by atoms with Crippen molar-refractivity contribution in [2.45, 2.75) is 39.0 Å². The van der Waals surface area contributed by atoms with E-state index < -0.39 is 0 Å². The van der Waals surface area contributed by atoms with Gasteiger partial charge in [0.25, 0.3) is 0 Å². The number of aryl methyl sites for hydroxylation is 1. The van der Waals surface area contributed by atoms with E-state index in [4.69, 9.17) is 5.73 Å². The van der Waals surface area contributed by atoms with E-state index in [1.165, 1.54) is 11.1 Å². The van der Waals surface area contributed by atoms with Gasteiger partial charge in [-0.15, -0.1) is 0 Å². The van der Waals surface area contributed by atoms with Crippen molar-refractivity contribution in [1.29, 1.82) is 0 Å². The lowest BCUT2D eigenvalue weighted by Crippen LogP contribution is -2.27. The number of hydrogen-bond donors (Lipinski definition) is 1. The first-order valence-corrected chi connectivity index (χ1v) is 8.29. The topological polar surface area (TPSA) is 29.3 Å². The molecule has 0 bridgehead atoms. The fourth-order valence-corrected chi connectivity index (χ4v) is 3.43. The highest BCUT2D eigenvalue weighted by Crippen LogP contribution is 2.31. The molecule has 0 aliphatic carbocycles. The van der Waals surface area contributed by atoms with Crippen molar-refractivity contribution in [3.63, 3.8) is 0 Å². The molecule has 0 spiro atoms. The highest BCUT2D eigenvalue weighted by atomic mass is 32.2. The average Bonchev–Trinajstić information content (AvgIpc) is 2.40. The Labute approximate surface area is 122 Å². The standard InChI is InChI=1S/C16H28N2S/c1-5-18(6-2)11-12-19-16(14(4)17)15-9-7-13(3)8-10-15/h7-10,14,16H,5-6,11-12,17H2,1-4H3. The van der Waals surface area contributed by atoms with Gasteiger partial charge in [0.1, 0.15) is 0 Å². The number of thioether (sulfide) groups is 1. The van der Waals surface area contributed by atoms with E-state index in [0.717, 1.165) is 25.4 Å².